The summed E-state index contributed by atoms with van der Waals surface area (Å²) >= 11 is 1.20. The molecule has 0 bridgehead atoms. The quantitative estimate of drug-likeness (QED) is 0.345. The van der Waals surface area contributed by atoms with Crippen molar-refractivity contribution in [3.63, 3.8) is 0 Å². The van der Waals surface area contributed by atoms with Gasteiger partial charge in [0.05, 0.1) is 34.8 Å². The number of hydrogen-bond donors (Lipinski definition) is 2. The zero-order valence-electron chi connectivity index (χ0n) is 20.7. The maximum atomic E-state index is 13.3. The summed E-state index contributed by atoms with van der Waals surface area (Å²) in [7, 11) is 0. The molecule has 196 valence electrons. The number of urea groups is 1. The van der Waals surface area contributed by atoms with Gasteiger partial charge in [-0.15, -0.1) is 11.3 Å². The van der Waals surface area contributed by atoms with E-state index in [0.29, 0.717) is 51.0 Å². The van der Waals surface area contributed by atoms with Crippen LogP contribution in [0.1, 0.15) is 22.5 Å². The molecule has 2 aliphatic rings. The Labute approximate surface area is 227 Å². The van der Waals surface area contributed by atoms with Crippen LogP contribution in [0.2, 0.25) is 0 Å². The molecule has 12 heteroatoms. The molecule has 4 aromatic rings. The van der Waals surface area contributed by atoms with Gasteiger partial charge in [-0.3, -0.25) is 14.5 Å². The number of nitrogens with one attached hydrogen (secondary N) is 2. The summed E-state index contributed by atoms with van der Waals surface area (Å²) in [6.45, 7) is 4.58. The van der Waals surface area contributed by atoms with E-state index in [1.54, 1.807) is 29.3 Å². The Bertz CT molecular complexity index is 1590. The molecule has 11 nitrogen and oxygen atoms in total. The van der Waals surface area contributed by atoms with Crippen molar-refractivity contribution in [1.29, 1.82) is 0 Å². The van der Waals surface area contributed by atoms with Crippen LogP contribution in [-0.2, 0) is 4.79 Å². The molecule has 0 radical (unpaired) electrons. The number of anilines is 3. The molecule has 0 saturated carbocycles. The van der Waals surface area contributed by atoms with Crippen LogP contribution in [0.15, 0.2) is 67.6 Å². The maximum absolute atomic E-state index is 13.3. The lowest BCUT2D eigenvalue weighted by atomic mass is 10.1. The zero-order valence-corrected chi connectivity index (χ0v) is 21.5. The molecule has 0 unspecified atom stereocenters. The summed E-state index contributed by atoms with van der Waals surface area (Å²) in [5, 5.41) is 6.54. The zero-order chi connectivity index (χ0) is 26.9. The lowest BCUT2D eigenvalue weighted by Gasteiger charge is -2.32. The van der Waals surface area contributed by atoms with Crippen molar-refractivity contribution in [1.82, 2.24) is 25.2 Å². The van der Waals surface area contributed by atoms with Gasteiger partial charge in [0.1, 0.15) is 15.5 Å². The molecule has 0 aliphatic carbocycles. The lowest BCUT2D eigenvalue weighted by Crippen LogP contribution is -2.49. The van der Waals surface area contributed by atoms with Gasteiger partial charge in [-0.25, -0.2) is 19.7 Å². The number of piperidine rings is 1. The summed E-state index contributed by atoms with van der Waals surface area (Å²) in [6, 6.07) is 10.4. The molecule has 1 atom stereocenters. The van der Waals surface area contributed by atoms with Crippen LogP contribution in [-0.4, -0.2) is 56.8 Å². The predicted molar refractivity (Wildman–Crippen MR) is 147 cm³/mol. The SMILES string of the molecule is C=CC(=O)N1CCC[C@@H](NC(=O)c2sc3nccc4c3c2NC(=O)N4c2cnc(Oc3ccccc3)nc2)C1. The minimum atomic E-state index is -0.455. The summed E-state index contributed by atoms with van der Waals surface area (Å²) in [4.78, 5) is 55.7. The van der Waals surface area contributed by atoms with Crippen molar-refractivity contribution in [3.8, 4) is 11.8 Å². The molecule has 3 aromatic heterocycles. The van der Waals surface area contributed by atoms with Gasteiger partial charge in [0.15, 0.2) is 0 Å². The number of carbonyl (C=O) groups is 3. The number of amides is 4. The van der Waals surface area contributed by atoms with Gasteiger partial charge in [0.25, 0.3) is 5.91 Å². The van der Waals surface area contributed by atoms with Crippen LogP contribution >= 0.6 is 11.3 Å². The first kappa shape index (κ1) is 24.5. The number of hydrogen-bond acceptors (Lipinski definition) is 8. The topological polar surface area (TPSA) is 130 Å². The average molecular weight is 542 g/mol. The van der Waals surface area contributed by atoms with Crippen molar-refractivity contribution in [2.24, 2.45) is 0 Å². The molecule has 1 fully saturated rings. The molecule has 39 heavy (non-hydrogen) atoms. The normalized spacial score (nSPS) is 16.5. The fourth-order valence-corrected chi connectivity index (χ4v) is 5.77. The second kappa shape index (κ2) is 10.1. The van der Waals surface area contributed by atoms with Gasteiger partial charge < -0.3 is 20.3 Å². The van der Waals surface area contributed by atoms with Crippen LogP contribution in [0, 0.1) is 0 Å². The first-order valence-corrected chi connectivity index (χ1v) is 13.1. The molecule has 2 N–H and O–H groups in total. The van der Waals surface area contributed by atoms with Crippen molar-refractivity contribution in [2.75, 3.05) is 23.3 Å². The van der Waals surface area contributed by atoms with E-state index in [0.717, 1.165) is 12.8 Å². The smallest absolute Gasteiger partial charge is 0.331 e. The average Bonchev–Trinajstić information content (AvgIpc) is 3.33. The van der Waals surface area contributed by atoms with E-state index in [2.05, 4.69) is 32.2 Å². The first-order chi connectivity index (χ1) is 19.0. The van der Waals surface area contributed by atoms with Crippen LogP contribution in [0.5, 0.6) is 11.8 Å². The summed E-state index contributed by atoms with van der Waals surface area (Å²) in [6.07, 6.45) is 7.41. The number of thiophene rings is 1. The van der Waals surface area contributed by atoms with Crippen molar-refractivity contribution < 1.29 is 19.1 Å². The highest BCUT2D eigenvalue weighted by atomic mass is 32.1. The molecule has 5 heterocycles. The Balaban J connectivity index is 1.27. The summed E-state index contributed by atoms with van der Waals surface area (Å²) in [5.74, 6) is 0.117. The third-order valence-corrected chi connectivity index (χ3v) is 7.62. The maximum Gasteiger partial charge on any atom is 0.331 e. The number of nitrogens with zero attached hydrogens (tertiary/aromatic N) is 5. The fourth-order valence-electron chi connectivity index (χ4n) is 4.75. The molecule has 6 rings (SSSR count). The Kier molecular flexibility index (Phi) is 6.37. The molecule has 1 aromatic carbocycles. The van der Waals surface area contributed by atoms with E-state index in [9.17, 15) is 14.4 Å². The number of benzene rings is 1. The van der Waals surface area contributed by atoms with E-state index in [4.69, 9.17) is 4.74 Å². The third-order valence-electron chi connectivity index (χ3n) is 6.52. The molecular weight excluding hydrogens is 518 g/mol. The van der Waals surface area contributed by atoms with E-state index >= 15 is 0 Å². The van der Waals surface area contributed by atoms with Gasteiger partial charge >= 0.3 is 12.0 Å². The van der Waals surface area contributed by atoms with E-state index in [-0.39, 0.29) is 23.9 Å². The number of likely N-dealkylation sites (tertiary alicyclic amines) is 1. The van der Waals surface area contributed by atoms with Crippen molar-refractivity contribution >= 4 is 56.5 Å². The Morgan fingerprint density at radius 2 is 1.95 bits per heavy atom. The van der Waals surface area contributed by atoms with Gasteiger partial charge in [-0.05, 0) is 37.1 Å². The Morgan fingerprint density at radius 3 is 2.72 bits per heavy atom. The van der Waals surface area contributed by atoms with E-state index in [1.165, 1.54) is 34.7 Å². The number of aromatic nitrogens is 3. The monoisotopic (exact) mass is 541 g/mol. The second-order valence-corrected chi connectivity index (χ2v) is 10.0. The number of pyridine rings is 1. The lowest BCUT2D eigenvalue weighted by molar-refractivity contribution is -0.127. The van der Waals surface area contributed by atoms with Crippen LogP contribution in [0.25, 0.3) is 10.2 Å². The van der Waals surface area contributed by atoms with Gasteiger partial charge in [-0.2, -0.15) is 0 Å². The second-order valence-electron chi connectivity index (χ2n) is 9.02. The van der Waals surface area contributed by atoms with Gasteiger partial charge in [0, 0.05) is 25.3 Å². The molecule has 2 aliphatic heterocycles. The molecular formula is C27H23N7O4S. The fraction of sp³-hybridized carbons (Fsp3) is 0.185. The van der Waals surface area contributed by atoms with Crippen LogP contribution < -0.4 is 20.3 Å². The first-order valence-electron chi connectivity index (χ1n) is 12.3. The van der Waals surface area contributed by atoms with Crippen molar-refractivity contribution in [2.45, 2.75) is 18.9 Å². The highest BCUT2D eigenvalue weighted by Gasteiger charge is 2.34. The molecule has 4 amide bonds. The number of carbonyl (C=O) groups excluding carboxylic acids is 3. The Morgan fingerprint density at radius 1 is 1.15 bits per heavy atom. The van der Waals surface area contributed by atoms with E-state index < -0.39 is 6.03 Å². The predicted octanol–water partition coefficient (Wildman–Crippen LogP) is 4.47. The highest BCUT2D eigenvalue weighted by molar-refractivity contribution is 7.21. The van der Waals surface area contributed by atoms with Crippen molar-refractivity contribution in [3.05, 3.63) is 72.5 Å². The van der Waals surface area contributed by atoms with E-state index in [1.807, 2.05) is 18.2 Å². The highest BCUT2D eigenvalue weighted by Crippen LogP contribution is 2.45. The van der Waals surface area contributed by atoms with Crippen LogP contribution in [0.3, 0.4) is 0 Å². The standard InChI is InChI=1S/C27H23N7O4S/c1-2-20(35)33-12-6-7-16(15-33)31-24(36)23-22-21-19(10-11-28-25(21)39-23)34(27(37)32-22)17-13-29-26(30-14-17)38-18-8-4-3-5-9-18/h2-5,8-11,13-14,16H,1,6-7,12,15H2,(H,31,36)(H,32,37)/t16-/m1/s1. The number of para-hydroxylation sites is 1. The molecule has 1 saturated heterocycles. The largest absolute Gasteiger partial charge is 0.424 e. The third kappa shape index (κ3) is 4.66. The number of rotatable bonds is 6. The summed E-state index contributed by atoms with van der Waals surface area (Å²) < 4.78 is 5.66. The molecule has 0 spiro atoms. The minimum Gasteiger partial charge on any atom is -0.424 e. The van der Waals surface area contributed by atoms with Crippen LogP contribution in [0.4, 0.5) is 21.9 Å². The minimum absolute atomic E-state index is 0.147. The number of ether oxygens (including phenoxy) is 1. The van der Waals surface area contributed by atoms with Gasteiger partial charge in [-0.1, -0.05) is 24.8 Å². The van der Waals surface area contributed by atoms with Gasteiger partial charge in [0.2, 0.25) is 5.91 Å². The summed E-state index contributed by atoms with van der Waals surface area (Å²) in [5.41, 5.74) is 1.41. The Hall–Kier alpha value is -4.84.